The summed E-state index contributed by atoms with van der Waals surface area (Å²) in [5.41, 5.74) is -1.41. The van der Waals surface area contributed by atoms with Crippen LogP contribution in [0.25, 0.3) is 0 Å². The van der Waals surface area contributed by atoms with Crippen molar-refractivity contribution in [2.75, 3.05) is 40.0 Å². The number of fused-ring (bicyclic) bond motifs is 1. The molecule has 0 saturated heterocycles. The third kappa shape index (κ3) is 6.04. The summed E-state index contributed by atoms with van der Waals surface area (Å²) in [5.74, 6) is -2.38. The second kappa shape index (κ2) is 14.1. The van der Waals surface area contributed by atoms with E-state index in [1.165, 1.54) is 6.07 Å². The Hall–Kier alpha value is -2.79. The Bertz CT molecular complexity index is 1700. The Morgan fingerprint density at radius 2 is 1.71 bits per heavy atom. The molecule has 9 unspecified atom stereocenters. The fourth-order valence-corrected chi connectivity index (χ4v) is 11.7. The molecule has 2 aromatic carbocycles. The van der Waals surface area contributed by atoms with E-state index in [-0.39, 0.29) is 35.2 Å². The van der Waals surface area contributed by atoms with Gasteiger partial charge in [-0.3, -0.25) is 9.69 Å². The number of allylic oxidation sites excluding steroid dienone is 4. The van der Waals surface area contributed by atoms with Crippen molar-refractivity contribution in [3.05, 3.63) is 95.1 Å². The fraction of sp³-hybridized carbons (Fsp3) is 0.605. The van der Waals surface area contributed by atoms with E-state index in [0.717, 1.165) is 43.4 Å². The van der Waals surface area contributed by atoms with Gasteiger partial charge in [-0.15, -0.1) is 0 Å². The van der Waals surface area contributed by atoms with Gasteiger partial charge in [0.05, 0.1) is 31.0 Å². The minimum Gasteiger partial charge on any atom is -0.393 e. The minimum absolute atomic E-state index is 0.0774. The zero-order valence-corrected chi connectivity index (χ0v) is 30.8. The number of nitrogens with zero attached hydrogens (tertiary/aromatic N) is 1. The van der Waals surface area contributed by atoms with Gasteiger partial charge in [0.2, 0.25) is 0 Å². The summed E-state index contributed by atoms with van der Waals surface area (Å²) in [6, 6.07) is 13.2. The lowest BCUT2D eigenvalue weighted by atomic mass is 9.32. The van der Waals surface area contributed by atoms with E-state index >= 15 is 0 Å². The summed E-state index contributed by atoms with van der Waals surface area (Å²) >= 11 is 0. The van der Waals surface area contributed by atoms with Crippen LogP contribution in [0.1, 0.15) is 81.1 Å². The monoisotopic (exact) mass is 719 g/mol. The maximum atomic E-state index is 14.7. The number of benzene rings is 2. The molecule has 6 aliphatic rings. The third-order valence-electron chi connectivity index (χ3n) is 14.3. The lowest BCUT2D eigenvalue weighted by molar-refractivity contribution is -0.177. The van der Waals surface area contributed by atoms with Crippen molar-refractivity contribution in [1.82, 2.24) is 4.90 Å². The molecule has 8 rings (SSSR count). The van der Waals surface area contributed by atoms with Crippen LogP contribution in [0, 0.1) is 45.1 Å². The molecule has 282 valence electrons. The van der Waals surface area contributed by atoms with Crippen LogP contribution in [0.4, 0.5) is 8.78 Å². The summed E-state index contributed by atoms with van der Waals surface area (Å²) < 4.78 is 39.9. The van der Waals surface area contributed by atoms with Crippen molar-refractivity contribution in [3.8, 4) is 0 Å². The second-order valence-electron chi connectivity index (χ2n) is 17.0. The molecule has 7 nitrogen and oxygen atoms in total. The van der Waals surface area contributed by atoms with Crippen molar-refractivity contribution in [2.24, 2.45) is 33.5 Å². The predicted molar refractivity (Wildman–Crippen MR) is 194 cm³/mol. The molecule has 0 amide bonds. The van der Waals surface area contributed by atoms with Crippen LogP contribution in [0.2, 0.25) is 0 Å². The molecule has 2 spiro atoms. The zero-order chi connectivity index (χ0) is 36.9. The molecular weight excluding hydrogens is 664 g/mol. The summed E-state index contributed by atoms with van der Waals surface area (Å²) in [7, 11) is 1.67. The quantitative estimate of drug-likeness (QED) is 0.114. The topological polar surface area (TPSA) is 99.5 Å². The Balaban J connectivity index is 1.19. The van der Waals surface area contributed by atoms with Crippen LogP contribution in [0.15, 0.2) is 72.3 Å². The molecule has 52 heavy (non-hydrogen) atoms. The average molecular weight is 720 g/mol. The first-order valence-electron chi connectivity index (χ1n) is 19.2. The number of methoxy groups -OCH3 is 1. The van der Waals surface area contributed by atoms with Gasteiger partial charge < -0.3 is 24.8 Å². The van der Waals surface area contributed by atoms with Gasteiger partial charge in [-0.2, -0.15) is 0 Å². The predicted octanol–water partition coefficient (Wildman–Crippen LogP) is 6.65. The maximum absolute atomic E-state index is 14.7. The molecule has 6 aliphatic carbocycles. The van der Waals surface area contributed by atoms with Crippen LogP contribution in [0.3, 0.4) is 0 Å². The summed E-state index contributed by atoms with van der Waals surface area (Å²) in [5, 5.41) is 35.0. The number of ketones is 1. The molecule has 0 heterocycles. The number of halogens is 2. The third-order valence-corrected chi connectivity index (χ3v) is 14.3. The summed E-state index contributed by atoms with van der Waals surface area (Å²) in [6.45, 7) is 6.94. The highest BCUT2D eigenvalue weighted by Crippen LogP contribution is 2.78. The van der Waals surface area contributed by atoms with Crippen molar-refractivity contribution in [1.29, 1.82) is 0 Å². The highest BCUT2D eigenvalue weighted by atomic mass is 19.2. The number of carbonyl (C=O) groups is 1. The maximum Gasteiger partial charge on any atom is 0.189 e. The van der Waals surface area contributed by atoms with Gasteiger partial charge in [0.15, 0.2) is 17.4 Å². The largest absolute Gasteiger partial charge is 0.393 e. The van der Waals surface area contributed by atoms with Gasteiger partial charge in [0, 0.05) is 60.7 Å². The average Bonchev–Trinajstić information content (AvgIpc) is 3.39. The number of aliphatic hydroxyl groups excluding tert-OH is 2. The lowest BCUT2D eigenvalue weighted by Crippen LogP contribution is -2.67. The van der Waals surface area contributed by atoms with Crippen molar-refractivity contribution < 1.29 is 38.4 Å². The number of hydrogen-bond donors (Lipinski definition) is 3. The number of rotatable bonds is 14. The highest BCUT2D eigenvalue weighted by molar-refractivity contribution is 6.10. The molecule has 3 fully saturated rings. The molecule has 2 bridgehead atoms. The Labute approximate surface area is 306 Å². The zero-order valence-electron chi connectivity index (χ0n) is 30.8. The first-order chi connectivity index (χ1) is 24.8. The van der Waals surface area contributed by atoms with E-state index in [0.29, 0.717) is 64.1 Å². The molecule has 9 heteroatoms. The molecule has 0 radical (unpaired) electrons. The smallest absolute Gasteiger partial charge is 0.189 e. The fourth-order valence-electron chi connectivity index (χ4n) is 11.7. The molecular formula is C43H55F2NO6. The van der Waals surface area contributed by atoms with Gasteiger partial charge in [-0.1, -0.05) is 62.4 Å². The van der Waals surface area contributed by atoms with E-state index in [1.807, 2.05) is 30.3 Å². The minimum atomic E-state index is -1.12. The van der Waals surface area contributed by atoms with Gasteiger partial charge in [0.1, 0.15) is 0 Å². The van der Waals surface area contributed by atoms with Gasteiger partial charge in [-0.25, -0.2) is 8.78 Å². The van der Waals surface area contributed by atoms with Gasteiger partial charge in [0.25, 0.3) is 0 Å². The summed E-state index contributed by atoms with van der Waals surface area (Å²) in [6.07, 6.45) is 10.8. The molecule has 3 N–H and O–H groups in total. The Morgan fingerprint density at radius 1 is 0.981 bits per heavy atom. The first kappa shape index (κ1) is 37.5. The van der Waals surface area contributed by atoms with Crippen molar-refractivity contribution in [3.63, 3.8) is 0 Å². The Morgan fingerprint density at radius 3 is 2.46 bits per heavy atom. The molecule has 0 aliphatic heterocycles. The molecule has 9 atom stereocenters. The van der Waals surface area contributed by atoms with Gasteiger partial charge in [-0.05, 0) is 92.4 Å². The van der Waals surface area contributed by atoms with Crippen LogP contribution < -0.4 is 0 Å². The van der Waals surface area contributed by atoms with Crippen LogP contribution in [0.5, 0.6) is 0 Å². The van der Waals surface area contributed by atoms with E-state index in [2.05, 4.69) is 37.0 Å². The standard InChI is InChI=1S/C43H55F2NO6/c1-39-15-12-31(47)23-41(39)18-19-43(33(24-41)38(49)30-10-11-34(44)35(45)22-30)36(39)13-16-40(2)37(43)14-17-42(40,50)28-46(20-7-21-51-3)25-32(48)27-52-26-29-8-5-4-6-9-29/h4-6,8-11,18-19,22,24,31-32,36-37,47-48,50H,7,12-17,20-21,23,25-28H2,1-3H3. The number of aliphatic hydroxyl groups is 3. The first-order valence-corrected chi connectivity index (χ1v) is 19.2. The number of Topliss-reactive ketones (excluding diaryl/α,β-unsaturated/α-hetero) is 1. The van der Waals surface area contributed by atoms with E-state index in [9.17, 15) is 28.9 Å². The highest BCUT2D eigenvalue weighted by Gasteiger charge is 2.74. The van der Waals surface area contributed by atoms with Gasteiger partial charge >= 0.3 is 0 Å². The van der Waals surface area contributed by atoms with Crippen LogP contribution >= 0.6 is 0 Å². The SMILES string of the molecule is COCCCN(CC(O)COCc1ccccc1)CC1(O)CCC2C34C=CC5(C=C3C(=O)c3ccc(F)c(F)c3)CC(O)CCC5(C)C4CCC21C. The molecule has 2 aromatic rings. The normalized spacial score (nSPS) is 36.6. The van der Waals surface area contributed by atoms with E-state index in [4.69, 9.17) is 9.47 Å². The van der Waals surface area contributed by atoms with Crippen LogP contribution in [-0.2, 0) is 16.1 Å². The van der Waals surface area contributed by atoms with Crippen molar-refractivity contribution in [2.45, 2.75) is 89.6 Å². The lowest BCUT2D eigenvalue weighted by Gasteiger charge is -2.71. The Kier molecular flexibility index (Phi) is 10.2. The molecule has 0 aromatic heterocycles. The summed E-state index contributed by atoms with van der Waals surface area (Å²) in [4.78, 5) is 16.8. The molecule has 3 saturated carbocycles. The van der Waals surface area contributed by atoms with Crippen molar-refractivity contribution >= 4 is 5.78 Å². The van der Waals surface area contributed by atoms with Crippen LogP contribution in [-0.4, -0.2) is 83.8 Å². The van der Waals surface area contributed by atoms with E-state index in [1.54, 1.807) is 7.11 Å². The number of carbonyl (C=O) groups excluding carboxylic acids is 1. The number of hydrogen-bond acceptors (Lipinski definition) is 7. The number of ether oxygens (including phenoxy) is 2. The van der Waals surface area contributed by atoms with E-state index < -0.39 is 45.7 Å². The second-order valence-corrected chi connectivity index (χ2v) is 17.0.